The highest BCUT2D eigenvalue weighted by atomic mass is 16.5. The molecule has 0 saturated carbocycles. The third kappa shape index (κ3) is 2.81. The number of nitrogens with zero attached hydrogens (tertiary/aromatic N) is 2. The molecule has 0 fully saturated rings. The van der Waals surface area contributed by atoms with Crippen molar-refractivity contribution in [2.75, 3.05) is 13.2 Å². The number of hydrogen-bond donors (Lipinski definition) is 0. The van der Waals surface area contributed by atoms with Crippen LogP contribution in [0.3, 0.4) is 0 Å². The lowest BCUT2D eigenvalue weighted by molar-refractivity contribution is 0.0513. The minimum absolute atomic E-state index is 0.133. The van der Waals surface area contributed by atoms with Gasteiger partial charge in [-0.1, -0.05) is 19.1 Å². The zero-order chi connectivity index (χ0) is 13.7. The zero-order valence-corrected chi connectivity index (χ0v) is 11.0. The number of fused-ring (bicyclic) bond motifs is 1. The van der Waals surface area contributed by atoms with Crippen LogP contribution in [0.15, 0.2) is 24.3 Å². The molecule has 5 nitrogen and oxygen atoms in total. The Labute approximate surface area is 111 Å². The van der Waals surface area contributed by atoms with Crippen LogP contribution < -0.4 is 4.74 Å². The standard InChI is InChI=1S/C14H16N2O3/c1-3-9-19-13-10-7-5-6-8-11(10)15-16-12(13)14(17)18-4-2/h5-8H,3-4,9H2,1-2H3. The first-order valence-corrected chi connectivity index (χ1v) is 6.33. The van der Waals surface area contributed by atoms with Crippen LogP contribution in [0.25, 0.3) is 10.9 Å². The molecule has 0 atom stereocenters. The second-order valence-corrected chi connectivity index (χ2v) is 3.96. The fourth-order valence-electron chi connectivity index (χ4n) is 1.71. The van der Waals surface area contributed by atoms with E-state index < -0.39 is 5.97 Å². The molecule has 0 N–H and O–H groups in total. The molecule has 0 saturated heterocycles. The Hall–Kier alpha value is -2.17. The summed E-state index contributed by atoms with van der Waals surface area (Å²) in [6, 6.07) is 7.43. The van der Waals surface area contributed by atoms with E-state index in [1.54, 1.807) is 6.92 Å². The minimum atomic E-state index is -0.508. The van der Waals surface area contributed by atoms with E-state index in [9.17, 15) is 4.79 Å². The Balaban J connectivity index is 2.52. The van der Waals surface area contributed by atoms with Crippen molar-refractivity contribution in [3.05, 3.63) is 30.0 Å². The average Bonchev–Trinajstić information content (AvgIpc) is 2.44. The lowest BCUT2D eigenvalue weighted by Crippen LogP contribution is -2.12. The highest BCUT2D eigenvalue weighted by Gasteiger charge is 2.19. The predicted octanol–water partition coefficient (Wildman–Crippen LogP) is 2.60. The van der Waals surface area contributed by atoms with Gasteiger partial charge in [-0.15, -0.1) is 10.2 Å². The van der Waals surface area contributed by atoms with Gasteiger partial charge in [0.25, 0.3) is 0 Å². The maximum absolute atomic E-state index is 11.9. The Morgan fingerprint density at radius 1 is 1.21 bits per heavy atom. The normalized spacial score (nSPS) is 10.4. The highest BCUT2D eigenvalue weighted by Crippen LogP contribution is 2.27. The first kappa shape index (κ1) is 13.3. The summed E-state index contributed by atoms with van der Waals surface area (Å²) in [7, 11) is 0. The van der Waals surface area contributed by atoms with Crippen LogP contribution in [0.5, 0.6) is 5.75 Å². The number of hydrogen-bond acceptors (Lipinski definition) is 5. The smallest absolute Gasteiger partial charge is 0.362 e. The highest BCUT2D eigenvalue weighted by molar-refractivity contribution is 5.97. The van der Waals surface area contributed by atoms with Crippen molar-refractivity contribution >= 4 is 16.9 Å². The molecule has 0 amide bonds. The van der Waals surface area contributed by atoms with Gasteiger partial charge in [0.1, 0.15) is 0 Å². The van der Waals surface area contributed by atoms with Crippen LogP contribution in [0.1, 0.15) is 30.8 Å². The zero-order valence-electron chi connectivity index (χ0n) is 11.0. The molecular formula is C14H16N2O3. The van der Waals surface area contributed by atoms with E-state index in [2.05, 4.69) is 10.2 Å². The maximum atomic E-state index is 11.9. The molecule has 0 aliphatic rings. The molecule has 1 heterocycles. The van der Waals surface area contributed by atoms with Gasteiger partial charge in [-0.2, -0.15) is 0 Å². The van der Waals surface area contributed by atoms with Gasteiger partial charge in [-0.05, 0) is 25.5 Å². The second-order valence-electron chi connectivity index (χ2n) is 3.96. The van der Waals surface area contributed by atoms with Crippen LogP contribution in [0.2, 0.25) is 0 Å². The van der Waals surface area contributed by atoms with E-state index in [4.69, 9.17) is 9.47 Å². The van der Waals surface area contributed by atoms with E-state index in [0.29, 0.717) is 24.5 Å². The number of ether oxygens (including phenoxy) is 2. The van der Waals surface area contributed by atoms with Gasteiger partial charge in [0.05, 0.1) is 18.7 Å². The van der Waals surface area contributed by atoms with Gasteiger partial charge >= 0.3 is 5.97 Å². The molecule has 5 heteroatoms. The largest absolute Gasteiger partial charge is 0.490 e. The fourth-order valence-corrected chi connectivity index (χ4v) is 1.71. The third-order valence-electron chi connectivity index (χ3n) is 2.54. The van der Waals surface area contributed by atoms with Crippen molar-refractivity contribution in [1.82, 2.24) is 10.2 Å². The topological polar surface area (TPSA) is 61.3 Å². The first-order valence-electron chi connectivity index (χ1n) is 6.33. The molecule has 0 radical (unpaired) electrons. The summed E-state index contributed by atoms with van der Waals surface area (Å²) in [5.74, 6) is -0.0576. The number of aromatic nitrogens is 2. The lowest BCUT2D eigenvalue weighted by Gasteiger charge is -2.11. The molecule has 0 spiro atoms. The van der Waals surface area contributed by atoms with Crippen molar-refractivity contribution in [2.45, 2.75) is 20.3 Å². The fraction of sp³-hybridized carbons (Fsp3) is 0.357. The summed E-state index contributed by atoms with van der Waals surface area (Å²) in [4.78, 5) is 11.9. The minimum Gasteiger partial charge on any atom is -0.490 e. The van der Waals surface area contributed by atoms with Crippen LogP contribution >= 0.6 is 0 Å². The van der Waals surface area contributed by atoms with E-state index >= 15 is 0 Å². The Bertz CT molecular complexity index is 584. The Kier molecular flexibility index (Phi) is 4.28. The van der Waals surface area contributed by atoms with E-state index in [1.807, 2.05) is 31.2 Å². The van der Waals surface area contributed by atoms with E-state index in [1.165, 1.54) is 0 Å². The van der Waals surface area contributed by atoms with Crippen molar-refractivity contribution in [3.63, 3.8) is 0 Å². The first-order chi connectivity index (χ1) is 9.27. The van der Waals surface area contributed by atoms with Gasteiger partial charge in [0.15, 0.2) is 5.75 Å². The Morgan fingerprint density at radius 3 is 2.74 bits per heavy atom. The van der Waals surface area contributed by atoms with Gasteiger partial charge in [-0.3, -0.25) is 0 Å². The SMILES string of the molecule is CCCOc1c(C(=O)OCC)nnc2ccccc12. The molecule has 2 rings (SSSR count). The van der Waals surface area contributed by atoms with Gasteiger partial charge in [0, 0.05) is 5.39 Å². The van der Waals surface area contributed by atoms with Crippen LogP contribution in [-0.2, 0) is 4.74 Å². The molecule has 2 aromatic rings. The summed E-state index contributed by atoms with van der Waals surface area (Å²) in [5.41, 5.74) is 0.829. The summed E-state index contributed by atoms with van der Waals surface area (Å²) in [5, 5.41) is 8.72. The monoisotopic (exact) mass is 260 g/mol. The van der Waals surface area contributed by atoms with Gasteiger partial charge in [-0.25, -0.2) is 4.79 Å². The summed E-state index contributed by atoms with van der Waals surface area (Å²) < 4.78 is 10.6. The van der Waals surface area contributed by atoms with Crippen molar-refractivity contribution < 1.29 is 14.3 Å². The van der Waals surface area contributed by atoms with Crippen molar-refractivity contribution in [3.8, 4) is 5.75 Å². The van der Waals surface area contributed by atoms with E-state index in [-0.39, 0.29) is 5.69 Å². The molecule has 100 valence electrons. The number of esters is 1. The van der Waals surface area contributed by atoms with Crippen LogP contribution in [0, 0.1) is 0 Å². The molecular weight excluding hydrogens is 244 g/mol. The van der Waals surface area contributed by atoms with Crippen molar-refractivity contribution in [1.29, 1.82) is 0 Å². The molecule has 0 bridgehead atoms. The average molecular weight is 260 g/mol. The lowest BCUT2D eigenvalue weighted by atomic mass is 10.2. The second kappa shape index (κ2) is 6.13. The van der Waals surface area contributed by atoms with Gasteiger partial charge < -0.3 is 9.47 Å². The summed E-state index contributed by atoms with van der Waals surface area (Å²) in [6.07, 6.45) is 0.846. The number of carbonyl (C=O) groups is 1. The summed E-state index contributed by atoms with van der Waals surface area (Å²) >= 11 is 0. The molecule has 0 aliphatic heterocycles. The Morgan fingerprint density at radius 2 is 2.00 bits per heavy atom. The van der Waals surface area contributed by atoms with E-state index in [0.717, 1.165) is 11.8 Å². The molecule has 0 aliphatic carbocycles. The van der Waals surface area contributed by atoms with Crippen LogP contribution in [0.4, 0.5) is 0 Å². The molecule has 0 unspecified atom stereocenters. The number of carbonyl (C=O) groups excluding carboxylic acids is 1. The quantitative estimate of drug-likeness (QED) is 0.773. The van der Waals surface area contributed by atoms with Gasteiger partial charge in [0.2, 0.25) is 5.69 Å². The third-order valence-corrected chi connectivity index (χ3v) is 2.54. The summed E-state index contributed by atoms with van der Waals surface area (Å²) in [6.45, 7) is 4.56. The molecule has 1 aromatic heterocycles. The predicted molar refractivity (Wildman–Crippen MR) is 71.3 cm³/mol. The maximum Gasteiger partial charge on any atom is 0.362 e. The molecule has 1 aromatic carbocycles. The van der Waals surface area contributed by atoms with Crippen LogP contribution in [-0.4, -0.2) is 29.4 Å². The molecule has 19 heavy (non-hydrogen) atoms. The van der Waals surface area contributed by atoms with Crippen molar-refractivity contribution in [2.24, 2.45) is 0 Å². The number of benzene rings is 1. The number of rotatable bonds is 5.